The largest absolute Gasteiger partial charge is 0.361 e. The van der Waals surface area contributed by atoms with Crippen molar-refractivity contribution in [2.75, 3.05) is 30.8 Å². The minimum Gasteiger partial charge on any atom is -0.361 e. The molecular formula is C16H23N5OS2. The highest BCUT2D eigenvalue weighted by molar-refractivity contribution is 7.19. The summed E-state index contributed by atoms with van der Waals surface area (Å²) in [5.41, 5.74) is 1.82. The summed E-state index contributed by atoms with van der Waals surface area (Å²) in [6, 6.07) is 0.695. The molecule has 0 bridgehead atoms. The highest BCUT2D eigenvalue weighted by atomic mass is 32.1. The van der Waals surface area contributed by atoms with Gasteiger partial charge in [-0.05, 0) is 39.8 Å². The van der Waals surface area contributed by atoms with Crippen molar-refractivity contribution in [3.8, 4) is 10.6 Å². The molecule has 3 rings (SSSR count). The molecule has 1 atom stereocenters. The number of rotatable bonds is 6. The number of aryl methyl sites for hydroxylation is 1. The Morgan fingerprint density at radius 2 is 2.25 bits per heavy atom. The van der Waals surface area contributed by atoms with Gasteiger partial charge in [-0.3, -0.25) is 4.79 Å². The van der Waals surface area contributed by atoms with Crippen molar-refractivity contribution in [1.82, 2.24) is 14.9 Å². The first-order valence-corrected chi connectivity index (χ1v) is 9.87. The average molecular weight is 366 g/mol. The van der Waals surface area contributed by atoms with E-state index in [4.69, 9.17) is 0 Å². The van der Waals surface area contributed by atoms with Crippen LogP contribution in [0.15, 0.2) is 5.38 Å². The monoisotopic (exact) mass is 365 g/mol. The van der Waals surface area contributed by atoms with Crippen LogP contribution in [0.2, 0.25) is 0 Å². The number of thiazole rings is 2. The average Bonchev–Trinajstić information content (AvgIpc) is 3.21. The van der Waals surface area contributed by atoms with Crippen LogP contribution in [0.1, 0.15) is 31.9 Å². The van der Waals surface area contributed by atoms with E-state index >= 15 is 0 Å². The van der Waals surface area contributed by atoms with E-state index < -0.39 is 0 Å². The van der Waals surface area contributed by atoms with Gasteiger partial charge >= 0.3 is 0 Å². The van der Waals surface area contributed by atoms with Crippen LogP contribution in [0, 0.1) is 6.92 Å². The molecule has 0 saturated carbocycles. The van der Waals surface area contributed by atoms with Crippen molar-refractivity contribution in [3.63, 3.8) is 0 Å². The number of likely N-dealkylation sites (tertiary alicyclic amines) is 1. The third-order valence-electron chi connectivity index (χ3n) is 4.24. The van der Waals surface area contributed by atoms with Crippen molar-refractivity contribution < 1.29 is 4.79 Å². The lowest BCUT2D eigenvalue weighted by atomic mass is 10.1. The fourth-order valence-electron chi connectivity index (χ4n) is 2.99. The second-order valence-electron chi connectivity index (χ2n) is 6.14. The van der Waals surface area contributed by atoms with Gasteiger partial charge in [0, 0.05) is 24.9 Å². The molecule has 24 heavy (non-hydrogen) atoms. The predicted octanol–water partition coefficient (Wildman–Crippen LogP) is 3.43. The number of aromatic nitrogens is 2. The van der Waals surface area contributed by atoms with Gasteiger partial charge in [0.25, 0.3) is 0 Å². The Balaban J connectivity index is 1.59. The Bertz CT molecular complexity index is 711. The van der Waals surface area contributed by atoms with Crippen molar-refractivity contribution in [2.24, 2.45) is 0 Å². The van der Waals surface area contributed by atoms with Gasteiger partial charge in [-0.25, -0.2) is 9.97 Å². The molecule has 0 radical (unpaired) electrons. The van der Waals surface area contributed by atoms with Gasteiger partial charge in [-0.2, -0.15) is 0 Å². The van der Waals surface area contributed by atoms with E-state index in [2.05, 4.69) is 32.5 Å². The molecule has 130 valence electrons. The minimum absolute atomic E-state index is 0.104. The molecule has 1 aliphatic rings. The maximum absolute atomic E-state index is 11.2. The molecule has 2 aromatic rings. The molecule has 2 N–H and O–H groups in total. The van der Waals surface area contributed by atoms with Crippen LogP contribution < -0.4 is 10.6 Å². The van der Waals surface area contributed by atoms with E-state index in [1.165, 1.54) is 37.6 Å². The summed E-state index contributed by atoms with van der Waals surface area (Å²) in [7, 11) is 2.21. The smallest absolute Gasteiger partial charge is 0.223 e. The number of anilines is 2. The summed E-state index contributed by atoms with van der Waals surface area (Å²) in [6.07, 6.45) is 3.76. The second kappa shape index (κ2) is 7.58. The Labute approximate surface area is 150 Å². The molecule has 3 heterocycles. The topological polar surface area (TPSA) is 70.2 Å². The zero-order valence-electron chi connectivity index (χ0n) is 14.3. The lowest BCUT2D eigenvalue weighted by Gasteiger charge is -2.19. The van der Waals surface area contributed by atoms with Crippen molar-refractivity contribution in [3.05, 3.63) is 11.1 Å². The van der Waals surface area contributed by atoms with Gasteiger partial charge in [0.2, 0.25) is 5.91 Å². The van der Waals surface area contributed by atoms with E-state index in [1.54, 1.807) is 11.3 Å². The zero-order valence-corrected chi connectivity index (χ0v) is 15.9. The second-order valence-corrected chi connectivity index (χ2v) is 8.00. The molecule has 1 aliphatic heterocycles. The molecular weight excluding hydrogens is 342 g/mol. The molecule has 1 fully saturated rings. The van der Waals surface area contributed by atoms with Crippen molar-refractivity contribution in [1.29, 1.82) is 0 Å². The SMILES string of the molecule is CC(=O)Nc1nc(C)c(-c2csc(NCCC3CCCN3C)n2)s1. The highest BCUT2D eigenvalue weighted by Crippen LogP contribution is 2.34. The maximum Gasteiger partial charge on any atom is 0.223 e. The van der Waals surface area contributed by atoms with Gasteiger partial charge < -0.3 is 15.5 Å². The summed E-state index contributed by atoms with van der Waals surface area (Å²) in [5, 5.41) is 9.79. The first kappa shape index (κ1) is 17.3. The number of nitrogens with one attached hydrogen (secondary N) is 2. The Morgan fingerprint density at radius 1 is 1.42 bits per heavy atom. The lowest BCUT2D eigenvalue weighted by Crippen LogP contribution is -2.26. The van der Waals surface area contributed by atoms with Crippen LogP contribution in [0.3, 0.4) is 0 Å². The Kier molecular flexibility index (Phi) is 5.47. The number of carbonyl (C=O) groups excluding carboxylic acids is 1. The van der Waals surface area contributed by atoms with Gasteiger partial charge in [0.05, 0.1) is 16.3 Å². The number of carbonyl (C=O) groups is 1. The van der Waals surface area contributed by atoms with Crippen LogP contribution in [0.5, 0.6) is 0 Å². The van der Waals surface area contributed by atoms with E-state index in [1.807, 2.05) is 12.3 Å². The van der Waals surface area contributed by atoms with Gasteiger partial charge in [-0.1, -0.05) is 11.3 Å². The molecule has 6 nitrogen and oxygen atoms in total. The third-order valence-corrected chi connectivity index (χ3v) is 6.14. The van der Waals surface area contributed by atoms with Crippen molar-refractivity contribution in [2.45, 2.75) is 39.2 Å². The molecule has 0 aliphatic carbocycles. The molecule has 0 aromatic carbocycles. The highest BCUT2D eigenvalue weighted by Gasteiger charge is 2.20. The first-order valence-electron chi connectivity index (χ1n) is 8.18. The van der Waals surface area contributed by atoms with Crippen LogP contribution in [-0.2, 0) is 4.79 Å². The molecule has 1 saturated heterocycles. The Morgan fingerprint density at radius 3 is 2.96 bits per heavy atom. The molecule has 1 amide bonds. The lowest BCUT2D eigenvalue weighted by molar-refractivity contribution is -0.114. The normalized spacial score (nSPS) is 18.0. The van der Waals surface area contributed by atoms with E-state index in [9.17, 15) is 4.79 Å². The maximum atomic E-state index is 11.2. The van der Waals surface area contributed by atoms with Crippen LogP contribution in [-0.4, -0.2) is 47.0 Å². The molecule has 0 spiro atoms. The minimum atomic E-state index is -0.104. The van der Waals surface area contributed by atoms with Gasteiger partial charge in [0.1, 0.15) is 0 Å². The van der Waals surface area contributed by atoms with E-state index in [0.29, 0.717) is 11.2 Å². The van der Waals surface area contributed by atoms with Crippen molar-refractivity contribution >= 4 is 38.8 Å². The van der Waals surface area contributed by atoms with Crippen LogP contribution in [0.4, 0.5) is 10.3 Å². The summed E-state index contributed by atoms with van der Waals surface area (Å²) in [4.78, 5) is 23.7. The summed E-state index contributed by atoms with van der Waals surface area (Å²) in [5.74, 6) is -0.104. The molecule has 8 heteroatoms. The quantitative estimate of drug-likeness (QED) is 0.821. The molecule has 1 unspecified atom stereocenters. The standard InChI is InChI=1S/C16H23N5OS2/c1-10-14(24-16(18-10)19-11(2)22)13-9-23-15(20-13)17-7-6-12-5-4-8-21(12)3/h9,12H,4-8H2,1-3H3,(H,17,20)(H,18,19,22). The van der Waals surface area contributed by atoms with E-state index in [0.717, 1.165) is 34.4 Å². The Hall–Kier alpha value is -1.51. The fourth-order valence-corrected chi connectivity index (χ4v) is 4.77. The van der Waals surface area contributed by atoms with Gasteiger partial charge in [-0.15, -0.1) is 11.3 Å². The van der Waals surface area contributed by atoms with Crippen LogP contribution in [0.25, 0.3) is 10.6 Å². The van der Waals surface area contributed by atoms with Crippen LogP contribution >= 0.6 is 22.7 Å². The van der Waals surface area contributed by atoms with E-state index in [-0.39, 0.29) is 5.91 Å². The summed E-state index contributed by atoms with van der Waals surface area (Å²) in [6.45, 7) is 5.59. The number of hydrogen-bond acceptors (Lipinski definition) is 7. The third kappa shape index (κ3) is 4.12. The van der Waals surface area contributed by atoms with Gasteiger partial charge in [0.15, 0.2) is 10.3 Å². The number of hydrogen-bond donors (Lipinski definition) is 2. The summed E-state index contributed by atoms with van der Waals surface area (Å²) >= 11 is 3.08. The number of nitrogens with zero attached hydrogens (tertiary/aromatic N) is 3. The first-order chi connectivity index (χ1) is 11.5. The molecule has 2 aromatic heterocycles. The summed E-state index contributed by atoms with van der Waals surface area (Å²) < 4.78 is 0. The predicted molar refractivity (Wildman–Crippen MR) is 101 cm³/mol. The number of amides is 1. The zero-order chi connectivity index (χ0) is 17.1. The fraction of sp³-hybridized carbons (Fsp3) is 0.562.